The SMILES string of the molecule is CC/C=C\C/C=C\C/C=C\C/C=C\C/C=C\C/C=C\C/C=C\CCCCOCC(CO)OC(=O)CCCC. The van der Waals surface area contributed by atoms with Gasteiger partial charge in [0.15, 0.2) is 0 Å². The normalized spacial score (nSPS) is 13.7. The fourth-order valence-corrected chi connectivity index (χ4v) is 3.28. The molecule has 0 saturated heterocycles. The molecular weight excluding hydrogens is 472 g/mol. The predicted octanol–water partition coefficient (Wildman–Crippen LogP) is 8.91. The fraction of sp³-hybridized carbons (Fsp3) is 0.559. The molecule has 1 atom stereocenters. The topological polar surface area (TPSA) is 55.8 Å². The van der Waals surface area contributed by atoms with Crippen molar-refractivity contribution >= 4 is 5.97 Å². The minimum atomic E-state index is -0.555. The van der Waals surface area contributed by atoms with Crippen molar-refractivity contribution in [3.8, 4) is 0 Å². The summed E-state index contributed by atoms with van der Waals surface area (Å²) in [5, 5.41) is 9.31. The smallest absolute Gasteiger partial charge is 0.306 e. The summed E-state index contributed by atoms with van der Waals surface area (Å²) in [6.45, 7) is 4.86. The number of allylic oxidation sites excluding steroid dienone is 14. The Kier molecular flexibility index (Phi) is 28.8. The zero-order valence-corrected chi connectivity index (χ0v) is 24.1. The van der Waals surface area contributed by atoms with Crippen LogP contribution in [0.1, 0.15) is 97.3 Å². The largest absolute Gasteiger partial charge is 0.457 e. The summed E-state index contributed by atoms with van der Waals surface area (Å²) < 4.78 is 10.8. The molecule has 0 fully saturated rings. The molecule has 38 heavy (non-hydrogen) atoms. The van der Waals surface area contributed by atoms with Gasteiger partial charge in [-0.25, -0.2) is 0 Å². The number of esters is 1. The minimum absolute atomic E-state index is 0.199. The molecule has 214 valence electrons. The zero-order valence-electron chi connectivity index (χ0n) is 24.1. The first-order valence-electron chi connectivity index (χ1n) is 14.7. The molecule has 0 radical (unpaired) electrons. The van der Waals surface area contributed by atoms with Gasteiger partial charge in [0.05, 0.1) is 13.2 Å². The van der Waals surface area contributed by atoms with Gasteiger partial charge < -0.3 is 14.6 Å². The Labute approximate surface area is 233 Å². The number of unbranched alkanes of at least 4 members (excludes halogenated alkanes) is 3. The van der Waals surface area contributed by atoms with E-state index in [0.717, 1.165) is 77.0 Å². The molecule has 4 heteroatoms. The predicted molar refractivity (Wildman–Crippen MR) is 163 cm³/mol. The van der Waals surface area contributed by atoms with Gasteiger partial charge in [0.2, 0.25) is 0 Å². The molecule has 0 saturated carbocycles. The van der Waals surface area contributed by atoms with Crippen molar-refractivity contribution < 1.29 is 19.4 Å². The van der Waals surface area contributed by atoms with E-state index in [1.807, 2.05) is 6.92 Å². The van der Waals surface area contributed by atoms with Crippen LogP contribution in [-0.4, -0.2) is 37.0 Å². The van der Waals surface area contributed by atoms with Gasteiger partial charge in [0.1, 0.15) is 6.10 Å². The first kappa shape index (κ1) is 35.6. The average Bonchev–Trinajstić information content (AvgIpc) is 2.93. The standard InChI is InChI=1S/C34H54O4/c1-3-5-7-8-9-10-11-12-13-14-15-16-17-18-19-20-21-22-23-24-25-26-27-28-30-37-32-33(31-35)38-34(36)29-6-4-2/h5,7,9-10,12-13,15-16,18-19,21-22,24-25,33,35H,3-4,6,8,11,14,17,20,23,26-32H2,1-2H3/b7-5-,10-9-,13-12-,16-15-,19-18-,22-21-,25-24-. The monoisotopic (exact) mass is 526 g/mol. The van der Waals surface area contributed by atoms with Gasteiger partial charge in [0, 0.05) is 13.0 Å². The van der Waals surface area contributed by atoms with E-state index in [9.17, 15) is 9.90 Å². The Hall–Kier alpha value is -2.43. The minimum Gasteiger partial charge on any atom is -0.457 e. The maximum absolute atomic E-state index is 11.6. The maximum atomic E-state index is 11.6. The molecule has 0 amide bonds. The van der Waals surface area contributed by atoms with Crippen LogP contribution in [0.2, 0.25) is 0 Å². The summed E-state index contributed by atoms with van der Waals surface area (Å²) >= 11 is 0. The van der Waals surface area contributed by atoms with E-state index in [1.54, 1.807) is 0 Å². The van der Waals surface area contributed by atoms with Gasteiger partial charge >= 0.3 is 5.97 Å². The molecular formula is C34H54O4. The third kappa shape index (κ3) is 28.1. The van der Waals surface area contributed by atoms with Crippen molar-refractivity contribution in [3.05, 3.63) is 85.1 Å². The molecule has 0 heterocycles. The Morgan fingerprint density at radius 2 is 1.13 bits per heavy atom. The number of ether oxygens (including phenoxy) is 2. The highest BCUT2D eigenvalue weighted by atomic mass is 16.6. The zero-order chi connectivity index (χ0) is 27.8. The van der Waals surface area contributed by atoms with Crippen molar-refractivity contribution in [1.82, 2.24) is 0 Å². The van der Waals surface area contributed by atoms with Crippen LogP contribution in [0.5, 0.6) is 0 Å². The van der Waals surface area contributed by atoms with Crippen LogP contribution in [0.3, 0.4) is 0 Å². The van der Waals surface area contributed by atoms with Gasteiger partial charge in [-0.3, -0.25) is 4.79 Å². The lowest BCUT2D eigenvalue weighted by atomic mass is 10.2. The molecule has 0 aromatic carbocycles. The number of carbonyl (C=O) groups is 1. The lowest BCUT2D eigenvalue weighted by molar-refractivity contribution is -0.154. The molecule has 1 N–H and O–H groups in total. The van der Waals surface area contributed by atoms with E-state index in [4.69, 9.17) is 9.47 Å². The summed E-state index contributed by atoms with van der Waals surface area (Å²) in [4.78, 5) is 11.6. The van der Waals surface area contributed by atoms with Gasteiger partial charge in [-0.2, -0.15) is 0 Å². The van der Waals surface area contributed by atoms with Gasteiger partial charge in [0.25, 0.3) is 0 Å². The second-order valence-corrected chi connectivity index (χ2v) is 9.09. The van der Waals surface area contributed by atoms with Crippen molar-refractivity contribution in [2.75, 3.05) is 19.8 Å². The first-order valence-corrected chi connectivity index (χ1v) is 14.7. The summed E-state index contributed by atoms with van der Waals surface area (Å²) in [6, 6.07) is 0. The Balaban J connectivity index is 3.60. The third-order valence-electron chi connectivity index (χ3n) is 5.48. The van der Waals surface area contributed by atoms with E-state index in [2.05, 4.69) is 92.0 Å². The fourth-order valence-electron chi connectivity index (χ4n) is 3.28. The Morgan fingerprint density at radius 3 is 1.58 bits per heavy atom. The third-order valence-corrected chi connectivity index (χ3v) is 5.48. The summed E-state index contributed by atoms with van der Waals surface area (Å²) in [5.74, 6) is -0.258. The van der Waals surface area contributed by atoms with Crippen molar-refractivity contribution in [3.63, 3.8) is 0 Å². The summed E-state index contributed by atoms with van der Waals surface area (Å²) in [5.41, 5.74) is 0. The second kappa shape index (κ2) is 30.8. The summed E-state index contributed by atoms with van der Waals surface area (Å²) in [7, 11) is 0. The van der Waals surface area contributed by atoms with E-state index in [1.165, 1.54) is 0 Å². The van der Waals surface area contributed by atoms with Crippen LogP contribution in [0.4, 0.5) is 0 Å². The Morgan fingerprint density at radius 1 is 0.658 bits per heavy atom. The number of hydrogen-bond acceptors (Lipinski definition) is 4. The Bertz CT molecular complexity index is 725. The van der Waals surface area contributed by atoms with E-state index < -0.39 is 6.10 Å². The van der Waals surface area contributed by atoms with Gasteiger partial charge in [-0.05, 0) is 70.6 Å². The maximum Gasteiger partial charge on any atom is 0.306 e. The van der Waals surface area contributed by atoms with Crippen LogP contribution >= 0.6 is 0 Å². The quantitative estimate of drug-likeness (QED) is 0.0733. The number of hydrogen-bond donors (Lipinski definition) is 1. The van der Waals surface area contributed by atoms with E-state index in [0.29, 0.717) is 13.0 Å². The van der Waals surface area contributed by atoms with Gasteiger partial charge in [-0.15, -0.1) is 0 Å². The van der Waals surface area contributed by atoms with Crippen LogP contribution < -0.4 is 0 Å². The van der Waals surface area contributed by atoms with Crippen LogP contribution in [0.25, 0.3) is 0 Å². The number of rotatable bonds is 25. The molecule has 1 unspecified atom stereocenters. The van der Waals surface area contributed by atoms with Crippen LogP contribution in [0.15, 0.2) is 85.1 Å². The van der Waals surface area contributed by atoms with E-state index >= 15 is 0 Å². The summed E-state index contributed by atoms with van der Waals surface area (Å²) in [6.07, 6.45) is 42.7. The molecule has 0 aliphatic rings. The second-order valence-electron chi connectivity index (χ2n) is 9.09. The van der Waals surface area contributed by atoms with Crippen molar-refractivity contribution in [2.24, 2.45) is 0 Å². The lowest BCUT2D eigenvalue weighted by Gasteiger charge is -2.15. The highest BCUT2D eigenvalue weighted by molar-refractivity contribution is 5.69. The molecule has 0 bridgehead atoms. The molecule has 0 aromatic rings. The molecule has 0 spiro atoms. The molecule has 0 aromatic heterocycles. The molecule has 0 aliphatic heterocycles. The van der Waals surface area contributed by atoms with Crippen LogP contribution in [0, 0.1) is 0 Å². The first-order chi connectivity index (χ1) is 18.7. The van der Waals surface area contributed by atoms with E-state index in [-0.39, 0.29) is 19.2 Å². The number of aliphatic hydroxyl groups excluding tert-OH is 1. The lowest BCUT2D eigenvalue weighted by Crippen LogP contribution is -2.27. The highest BCUT2D eigenvalue weighted by Gasteiger charge is 2.13. The molecule has 4 nitrogen and oxygen atoms in total. The average molecular weight is 527 g/mol. The molecule has 0 rings (SSSR count). The number of aliphatic hydroxyl groups is 1. The van der Waals surface area contributed by atoms with Gasteiger partial charge in [-0.1, -0.05) is 105 Å². The van der Waals surface area contributed by atoms with Crippen LogP contribution in [-0.2, 0) is 14.3 Å². The van der Waals surface area contributed by atoms with Crippen molar-refractivity contribution in [2.45, 2.75) is 103 Å². The number of carbonyl (C=O) groups excluding carboxylic acids is 1. The van der Waals surface area contributed by atoms with Crippen molar-refractivity contribution in [1.29, 1.82) is 0 Å². The molecule has 0 aliphatic carbocycles. The highest BCUT2D eigenvalue weighted by Crippen LogP contribution is 2.03.